The molecule has 2 aromatic rings. The molecule has 0 saturated heterocycles. The van der Waals surface area contributed by atoms with Crippen LogP contribution in [0.4, 0.5) is 10.1 Å². The molecule has 0 heterocycles. The van der Waals surface area contributed by atoms with Gasteiger partial charge in [0.05, 0.1) is 0 Å². The molecule has 0 aliphatic heterocycles. The van der Waals surface area contributed by atoms with Gasteiger partial charge in [0, 0.05) is 23.2 Å². The number of nitrogens with one attached hydrogen (secondary N) is 1. The van der Waals surface area contributed by atoms with Crippen molar-refractivity contribution in [2.45, 2.75) is 39.7 Å². The third kappa shape index (κ3) is 6.69. The highest BCUT2D eigenvalue weighted by molar-refractivity contribution is 5.96. The van der Waals surface area contributed by atoms with Crippen molar-refractivity contribution in [3.05, 3.63) is 59.9 Å². The van der Waals surface area contributed by atoms with Gasteiger partial charge in [-0.15, -0.1) is 0 Å². The predicted molar refractivity (Wildman–Crippen MR) is 113 cm³/mol. The van der Waals surface area contributed by atoms with Gasteiger partial charge in [-0.3, -0.25) is 14.4 Å². The molecular formula is C23H27FN2O4. The standard InChI is InChI=1S/C23H27FN2O4/c1-5-20(27)16-6-12-19(13-7-16)30-15-22(29)26(23(2,3)4)14-21(28)25-18-10-8-17(24)9-11-18/h6-13H,5,14-15H2,1-4H3,(H,25,28). The van der Waals surface area contributed by atoms with E-state index in [9.17, 15) is 18.8 Å². The number of amides is 2. The normalized spacial score (nSPS) is 11.0. The van der Waals surface area contributed by atoms with Crippen LogP contribution in [-0.4, -0.2) is 41.2 Å². The molecule has 0 bridgehead atoms. The van der Waals surface area contributed by atoms with Crippen molar-refractivity contribution in [3.63, 3.8) is 0 Å². The molecule has 0 radical (unpaired) electrons. The van der Waals surface area contributed by atoms with E-state index in [2.05, 4.69) is 5.32 Å². The minimum atomic E-state index is -0.613. The molecule has 160 valence electrons. The van der Waals surface area contributed by atoms with Gasteiger partial charge in [0.25, 0.3) is 5.91 Å². The number of hydrogen-bond acceptors (Lipinski definition) is 4. The van der Waals surface area contributed by atoms with Gasteiger partial charge in [0.1, 0.15) is 18.1 Å². The lowest BCUT2D eigenvalue weighted by atomic mass is 10.1. The van der Waals surface area contributed by atoms with Crippen LogP contribution < -0.4 is 10.1 Å². The van der Waals surface area contributed by atoms with Gasteiger partial charge in [0.2, 0.25) is 5.91 Å². The molecule has 0 unspecified atom stereocenters. The van der Waals surface area contributed by atoms with Crippen molar-refractivity contribution in [1.29, 1.82) is 0 Å². The van der Waals surface area contributed by atoms with E-state index in [1.807, 2.05) is 20.8 Å². The topological polar surface area (TPSA) is 75.7 Å². The number of ether oxygens (including phenoxy) is 1. The molecule has 2 aromatic carbocycles. The van der Waals surface area contributed by atoms with Gasteiger partial charge in [0.15, 0.2) is 12.4 Å². The van der Waals surface area contributed by atoms with Crippen LogP contribution in [0.3, 0.4) is 0 Å². The van der Waals surface area contributed by atoms with Gasteiger partial charge in [-0.2, -0.15) is 0 Å². The highest BCUT2D eigenvalue weighted by atomic mass is 19.1. The second-order valence-electron chi connectivity index (χ2n) is 7.80. The molecule has 7 heteroatoms. The van der Waals surface area contributed by atoms with Gasteiger partial charge in [-0.25, -0.2) is 4.39 Å². The molecule has 0 aliphatic rings. The first kappa shape index (κ1) is 23.1. The Hall–Kier alpha value is -3.22. The van der Waals surface area contributed by atoms with E-state index in [-0.39, 0.29) is 24.8 Å². The summed E-state index contributed by atoms with van der Waals surface area (Å²) < 4.78 is 18.6. The Kier molecular flexibility index (Phi) is 7.69. The monoisotopic (exact) mass is 414 g/mol. The number of hydrogen-bond donors (Lipinski definition) is 1. The van der Waals surface area contributed by atoms with Gasteiger partial charge >= 0.3 is 0 Å². The summed E-state index contributed by atoms with van der Waals surface area (Å²) in [7, 11) is 0. The Balaban J connectivity index is 1.98. The minimum absolute atomic E-state index is 0.0312. The van der Waals surface area contributed by atoms with E-state index in [0.717, 1.165) is 0 Å². The van der Waals surface area contributed by atoms with Gasteiger partial charge in [-0.1, -0.05) is 6.92 Å². The number of Topliss-reactive ketones (excluding diaryl/α,β-unsaturated/α-hetero) is 1. The third-order valence-electron chi connectivity index (χ3n) is 4.40. The number of anilines is 1. The Morgan fingerprint density at radius 1 is 1.00 bits per heavy atom. The Bertz CT molecular complexity index is 887. The zero-order valence-electron chi connectivity index (χ0n) is 17.7. The number of ketones is 1. The lowest BCUT2D eigenvalue weighted by Gasteiger charge is -2.35. The summed E-state index contributed by atoms with van der Waals surface area (Å²) in [4.78, 5) is 38.2. The van der Waals surface area contributed by atoms with Crippen molar-refractivity contribution in [1.82, 2.24) is 4.90 Å². The summed E-state index contributed by atoms with van der Waals surface area (Å²) in [6, 6.07) is 12.0. The Labute approximate surface area is 176 Å². The summed E-state index contributed by atoms with van der Waals surface area (Å²) in [5.74, 6) is -0.661. The van der Waals surface area contributed by atoms with Gasteiger partial charge in [-0.05, 0) is 69.3 Å². The maximum atomic E-state index is 13.0. The molecule has 1 N–H and O–H groups in total. The van der Waals surface area contributed by atoms with E-state index in [4.69, 9.17) is 4.74 Å². The van der Waals surface area contributed by atoms with Crippen molar-refractivity contribution in [3.8, 4) is 5.75 Å². The minimum Gasteiger partial charge on any atom is -0.484 e. The fraction of sp³-hybridized carbons (Fsp3) is 0.348. The largest absolute Gasteiger partial charge is 0.484 e. The number of benzene rings is 2. The third-order valence-corrected chi connectivity index (χ3v) is 4.40. The number of carbonyl (C=O) groups excluding carboxylic acids is 3. The predicted octanol–water partition coefficient (Wildman–Crippen LogP) is 4.06. The molecule has 2 amide bonds. The zero-order valence-corrected chi connectivity index (χ0v) is 17.7. The summed E-state index contributed by atoms with van der Waals surface area (Å²) in [6.45, 7) is 6.83. The molecule has 0 aromatic heterocycles. The molecular weight excluding hydrogens is 387 g/mol. The van der Waals surface area contributed by atoms with Crippen LogP contribution in [0.25, 0.3) is 0 Å². The molecule has 2 rings (SSSR count). The second kappa shape index (κ2) is 10.0. The van der Waals surface area contributed by atoms with Crippen molar-refractivity contribution in [2.75, 3.05) is 18.5 Å². The zero-order chi connectivity index (χ0) is 22.3. The lowest BCUT2D eigenvalue weighted by molar-refractivity contribution is -0.141. The first-order valence-corrected chi connectivity index (χ1v) is 9.72. The summed E-state index contributed by atoms with van der Waals surface area (Å²) in [5.41, 5.74) is 0.420. The van der Waals surface area contributed by atoms with E-state index < -0.39 is 17.3 Å². The highest BCUT2D eigenvalue weighted by Crippen LogP contribution is 2.17. The van der Waals surface area contributed by atoms with Crippen molar-refractivity contribution < 1.29 is 23.5 Å². The maximum Gasteiger partial charge on any atom is 0.261 e. The highest BCUT2D eigenvalue weighted by Gasteiger charge is 2.28. The smallest absolute Gasteiger partial charge is 0.261 e. The number of halogens is 1. The average Bonchev–Trinajstić information content (AvgIpc) is 2.71. The van der Waals surface area contributed by atoms with E-state index in [0.29, 0.717) is 23.4 Å². The Morgan fingerprint density at radius 3 is 2.13 bits per heavy atom. The van der Waals surface area contributed by atoms with Crippen LogP contribution >= 0.6 is 0 Å². The van der Waals surface area contributed by atoms with Crippen molar-refractivity contribution in [2.24, 2.45) is 0 Å². The molecule has 6 nitrogen and oxygen atoms in total. The molecule has 0 fully saturated rings. The van der Waals surface area contributed by atoms with Gasteiger partial charge < -0.3 is 15.0 Å². The van der Waals surface area contributed by atoms with Crippen LogP contribution in [0, 0.1) is 5.82 Å². The van der Waals surface area contributed by atoms with E-state index in [1.165, 1.54) is 29.2 Å². The molecule has 0 saturated carbocycles. The van der Waals surface area contributed by atoms with Crippen LogP contribution in [0.5, 0.6) is 5.75 Å². The molecule has 0 aliphatic carbocycles. The first-order chi connectivity index (χ1) is 14.1. The van der Waals surface area contributed by atoms with Crippen LogP contribution in [-0.2, 0) is 9.59 Å². The number of carbonyl (C=O) groups is 3. The second-order valence-corrected chi connectivity index (χ2v) is 7.80. The summed E-state index contributed by atoms with van der Waals surface area (Å²) in [6.07, 6.45) is 0.416. The van der Waals surface area contributed by atoms with Crippen LogP contribution in [0.15, 0.2) is 48.5 Å². The fourth-order valence-corrected chi connectivity index (χ4v) is 2.74. The molecule has 0 atom stereocenters. The number of rotatable bonds is 8. The van der Waals surface area contributed by atoms with Crippen LogP contribution in [0.1, 0.15) is 44.5 Å². The summed E-state index contributed by atoms with van der Waals surface area (Å²) in [5, 5.41) is 2.65. The number of nitrogens with zero attached hydrogens (tertiary/aromatic N) is 1. The SMILES string of the molecule is CCC(=O)c1ccc(OCC(=O)N(CC(=O)Nc2ccc(F)cc2)C(C)(C)C)cc1. The molecule has 0 spiro atoms. The average molecular weight is 414 g/mol. The van der Waals surface area contributed by atoms with E-state index >= 15 is 0 Å². The maximum absolute atomic E-state index is 13.0. The first-order valence-electron chi connectivity index (χ1n) is 9.72. The van der Waals surface area contributed by atoms with Crippen LogP contribution in [0.2, 0.25) is 0 Å². The fourth-order valence-electron chi connectivity index (χ4n) is 2.74. The lowest BCUT2D eigenvalue weighted by Crippen LogP contribution is -2.51. The Morgan fingerprint density at radius 2 is 1.60 bits per heavy atom. The molecule has 30 heavy (non-hydrogen) atoms. The van der Waals surface area contributed by atoms with Crippen molar-refractivity contribution >= 4 is 23.3 Å². The summed E-state index contributed by atoms with van der Waals surface area (Å²) >= 11 is 0. The van der Waals surface area contributed by atoms with E-state index in [1.54, 1.807) is 31.2 Å². The quantitative estimate of drug-likeness (QED) is 0.661.